The minimum Gasteiger partial charge on any atom is -0.393 e. The van der Waals surface area contributed by atoms with Crippen LogP contribution in [0.15, 0.2) is 0 Å². The van der Waals surface area contributed by atoms with Crippen LogP contribution < -0.4 is 0 Å². The van der Waals surface area contributed by atoms with Gasteiger partial charge in [-0.25, -0.2) is 0 Å². The third-order valence-corrected chi connectivity index (χ3v) is 4.85. The highest BCUT2D eigenvalue weighted by atomic mass is 79.9. The van der Waals surface area contributed by atoms with Gasteiger partial charge in [0.25, 0.3) is 0 Å². The molecule has 1 aliphatic rings. The molecule has 1 aliphatic heterocycles. The summed E-state index contributed by atoms with van der Waals surface area (Å²) in [7, 11) is 0. The first-order valence-corrected chi connectivity index (χ1v) is 8.25. The number of unbranched alkanes of at least 4 members (excludes halogenated alkanes) is 1. The highest BCUT2D eigenvalue weighted by Gasteiger charge is 2.40. The molecule has 1 unspecified atom stereocenters. The van der Waals surface area contributed by atoms with Gasteiger partial charge in [0.1, 0.15) is 0 Å². The van der Waals surface area contributed by atoms with Crippen molar-refractivity contribution in [1.29, 1.82) is 0 Å². The van der Waals surface area contributed by atoms with Gasteiger partial charge in [0.15, 0.2) is 0 Å². The largest absolute Gasteiger partial charge is 0.393 e. The lowest BCUT2D eigenvalue weighted by molar-refractivity contribution is -0.0297. The molecule has 0 amide bonds. The van der Waals surface area contributed by atoms with Crippen molar-refractivity contribution in [3.8, 4) is 0 Å². The van der Waals surface area contributed by atoms with Gasteiger partial charge in [0.2, 0.25) is 0 Å². The molecule has 1 atom stereocenters. The summed E-state index contributed by atoms with van der Waals surface area (Å²) in [4.78, 5) is 2.68. The van der Waals surface area contributed by atoms with Crippen molar-refractivity contribution >= 4 is 17.0 Å². The Morgan fingerprint density at radius 1 is 1.00 bits per heavy atom. The molecule has 0 radical (unpaired) electrons. The molecule has 1 fully saturated rings. The van der Waals surface area contributed by atoms with E-state index in [0.717, 1.165) is 32.2 Å². The van der Waals surface area contributed by atoms with E-state index >= 15 is 0 Å². The van der Waals surface area contributed by atoms with Gasteiger partial charge in [-0.3, -0.25) is 4.90 Å². The van der Waals surface area contributed by atoms with Gasteiger partial charge in [-0.05, 0) is 72.8 Å². The molecule has 1 saturated heterocycles. The first-order chi connectivity index (χ1) is 8.79. The fourth-order valence-electron chi connectivity index (χ4n) is 3.72. The molecule has 0 bridgehead atoms. The van der Waals surface area contributed by atoms with Crippen molar-refractivity contribution in [2.75, 3.05) is 6.54 Å². The van der Waals surface area contributed by atoms with Crippen molar-refractivity contribution in [3.05, 3.63) is 0 Å². The molecule has 0 aromatic heterocycles. The summed E-state index contributed by atoms with van der Waals surface area (Å²) in [5.74, 6) is 0. The summed E-state index contributed by atoms with van der Waals surface area (Å²) in [6.45, 7) is 12.8. The summed E-state index contributed by atoms with van der Waals surface area (Å²) in [6.07, 6.45) is 9.25. The number of aliphatic hydroxyl groups excluding tert-OH is 1. The zero-order chi connectivity index (χ0) is 14.5. The molecule has 0 aliphatic carbocycles. The number of hydrogen-bond acceptors (Lipinski definition) is 2. The second-order valence-electron chi connectivity index (χ2n) is 7.57. The fourth-order valence-corrected chi connectivity index (χ4v) is 3.72. The predicted molar refractivity (Wildman–Crippen MR) is 93.8 cm³/mol. The molecular formula is C17H36BrNO. The molecular weight excluding hydrogens is 314 g/mol. The Morgan fingerprint density at radius 2 is 1.50 bits per heavy atom. The maximum absolute atomic E-state index is 9.95. The Labute approximate surface area is 137 Å². The molecule has 0 spiro atoms. The smallest absolute Gasteiger partial charge is 0.0540 e. The average Bonchev–Trinajstić information content (AvgIpc) is 2.29. The zero-order valence-electron chi connectivity index (χ0n) is 14.2. The Bertz CT molecular complexity index is 250. The quantitative estimate of drug-likeness (QED) is 0.703. The first-order valence-electron chi connectivity index (χ1n) is 8.25. The maximum Gasteiger partial charge on any atom is 0.0540 e. The van der Waals surface area contributed by atoms with Crippen LogP contribution in [0.4, 0.5) is 0 Å². The number of hydrogen-bond donors (Lipinski definition) is 1. The van der Waals surface area contributed by atoms with Crippen LogP contribution in [0.5, 0.6) is 0 Å². The van der Waals surface area contributed by atoms with E-state index in [-0.39, 0.29) is 23.1 Å². The van der Waals surface area contributed by atoms with E-state index in [0.29, 0.717) is 11.1 Å². The monoisotopic (exact) mass is 349 g/mol. The Morgan fingerprint density at radius 3 is 2.00 bits per heavy atom. The summed E-state index contributed by atoms with van der Waals surface area (Å²) in [6, 6.07) is 0. The minimum atomic E-state index is -0.0871. The number of rotatable bonds is 7. The zero-order valence-corrected chi connectivity index (χ0v) is 16.0. The van der Waals surface area contributed by atoms with Gasteiger partial charge < -0.3 is 5.11 Å². The number of aliphatic hydroxyl groups is 1. The first kappa shape index (κ1) is 20.4. The van der Waals surface area contributed by atoms with E-state index in [2.05, 4.69) is 39.5 Å². The van der Waals surface area contributed by atoms with Crippen LogP contribution in [-0.4, -0.2) is 33.7 Å². The van der Waals surface area contributed by atoms with Gasteiger partial charge in [-0.15, -0.1) is 17.0 Å². The molecule has 3 heteroatoms. The van der Waals surface area contributed by atoms with Crippen LogP contribution in [0.1, 0.15) is 86.0 Å². The van der Waals surface area contributed by atoms with Gasteiger partial charge in [-0.2, -0.15) is 0 Å². The molecule has 0 saturated carbocycles. The second kappa shape index (κ2) is 8.75. The van der Waals surface area contributed by atoms with Gasteiger partial charge in [0.05, 0.1) is 6.10 Å². The third kappa shape index (κ3) is 6.03. The van der Waals surface area contributed by atoms with Gasteiger partial charge in [0, 0.05) is 11.1 Å². The van der Waals surface area contributed by atoms with Gasteiger partial charge >= 0.3 is 0 Å². The molecule has 1 heterocycles. The van der Waals surface area contributed by atoms with Crippen LogP contribution in [0.3, 0.4) is 0 Å². The molecule has 0 aromatic rings. The summed E-state index contributed by atoms with van der Waals surface area (Å²) in [5.41, 5.74) is 0.631. The van der Waals surface area contributed by atoms with Crippen LogP contribution in [-0.2, 0) is 0 Å². The van der Waals surface area contributed by atoms with Crippen LogP contribution in [0.2, 0.25) is 0 Å². The maximum atomic E-state index is 9.95. The Balaban J connectivity index is 0.00000361. The van der Waals surface area contributed by atoms with Crippen molar-refractivity contribution in [2.24, 2.45) is 0 Å². The van der Waals surface area contributed by atoms with Gasteiger partial charge in [-0.1, -0.05) is 19.8 Å². The van der Waals surface area contributed by atoms with E-state index in [9.17, 15) is 5.11 Å². The van der Waals surface area contributed by atoms with Crippen molar-refractivity contribution in [1.82, 2.24) is 4.90 Å². The topological polar surface area (TPSA) is 23.5 Å². The van der Waals surface area contributed by atoms with Crippen molar-refractivity contribution < 1.29 is 5.11 Å². The predicted octanol–water partition coefficient (Wildman–Crippen LogP) is 4.94. The fraction of sp³-hybridized carbons (Fsp3) is 1.00. The summed E-state index contributed by atoms with van der Waals surface area (Å²) < 4.78 is 0. The number of halogens is 1. The second-order valence-corrected chi connectivity index (χ2v) is 7.57. The van der Waals surface area contributed by atoms with Crippen LogP contribution in [0.25, 0.3) is 0 Å². The summed E-state index contributed by atoms with van der Waals surface area (Å²) in [5, 5.41) is 9.95. The highest BCUT2D eigenvalue weighted by molar-refractivity contribution is 8.93. The van der Waals surface area contributed by atoms with Crippen LogP contribution >= 0.6 is 17.0 Å². The van der Waals surface area contributed by atoms with E-state index in [1.165, 1.54) is 25.7 Å². The summed E-state index contributed by atoms with van der Waals surface area (Å²) >= 11 is 0. The van der Waals surface area contributed by atoms with Crippen molar-refractivity contribution in [2.45, 2.75) is 103 Å². The molecule has 0 aromatic carbocycles. The molecule has 122 valence electrons. The Kier molecular flexibility index (Phi) is 8.92. The Hall–Kier alpha value is 0.400. The minimum absolute atomic E-state index is 0. The van der Waals surface area contributed by atoms with E-state index in [1.807, 2.05) is 0 Å². The number of piperidine rings is 1. The standard InChI is InChI=1S/C17H35NO.BrH/c1-6-7-10-15(19)11-8-14-18-16(2,3)12-9-13-17(18,4)5;/h15,19H,6-14H2,1-5H3;1H. The highest BCUT2D eigenvalue weighted by Crippen LogP contribution is 2.38. The molecule has 2 nitrogen and oxygen atoms in total. The lowest BCUT2D eigenvalue weighted by Crippen LogP contribution is -2.58. The SMILES string of the molecule is Br.CCCCC(O)CCCN1C(C)(C)CCCC1(C)C. The lowest BCUT2D eigenvalue weighted by Gasteiger charge is -2.53. The number of likely N-dealkylation sites (tertiary alicyclic amines) is 1. The third-order valence-electron chi connectivity index (χ3n) is 4.85. The van der Waals surface area contributed by atoms with Crippen molar-refractivity contribution in [3.63, 3.8) is 0 Å². The normalized spacial score (nSPS) is 23.1. The van der Waals surface area contributed by atoms with E-state index in [4.69, 9.17) is 0 Å². The number of nitrogens with zero attached hydrogens (tertiary/aromatic N) is 1. The molecule has 20 heavy (non-hydrogen) atoms. The molecule has 1 N–H and O–H groups in total. The van der Waals surface area contributed by atoms with E-state index < -0.39 is 0 Å². The molecule has 1 rings (SSSR count). The lowest BCUT2D eigenvalue weighted by atomic mass is 9.79. The van der Waals surface area contributed by atoms with E-state index in [1.54, 1.807) is 0 Å². The van der Waals surface area contributed by atoms with Crippen LogP contribution in [0, 0.1) is 0 Å². The average molecular weight is 350 g/mol.